The maximum Gasteiger partial charge on any atom is 0.268 e. The fraction of sp³-hybridized carbons (Fsp3) is 0.273. The Labute approximate surface area is 82.9 Å². The molecule has 0 atom stereocenters. The predicted molar refractivity (Wildman–Crippen MR) is 54.8 cm³/mol. The van der Waals surface area contributed by atoms with Crippen molar-refractivity contribution in [2.45, 2.75) is 19.9 Å². The fourth-order valence-corrected chi connectivity index (χ4v) is 1.11. The second-order valence-corrected chi connectivity index (χ2v) is 3.24. The van der Waals surface area contributed by atoms with Crippen molar-refractivity contribution in [1.29, 1.82) is 5.26 Å². The summed E-state index contributed by atoms with van der Waals surface area (Å²) in [6.45, 7) is 6.26. The Kier molecular flexibility index (Phi) is 3.24. The van der Waals surface area contributed by atoms with Gasteiger partial charge in [0.1, 0.15) is 11.6 Å². The molecule has 3 nitrogen and oxygen atoms in total. The van der Waals surface area contributed by atoms with Gasteiger partial charge < -0.3 is 4.57 Å². The zero-order valence-corrected chi connectivity index (χ0v) is 8.16. The molecule has 0 radical (unpaired) electrons. The van der Waals surface area contributed by atoms with Crippen molar-refractivity contribution in [3.05, 3.63) is 46.4 Å². The molecule has 0 spiro atoms. The second-order valence-electron chi connectivity index (χ2n) is 3.24. The lowest BCUT2D eigenvalue weighted by molar-refractivity contribution is 0.665. The van der Waals surface area contributed by atoms with Crippen molar-refractivity contribution < 1.29 is 0 Å². The normalized spacial score (nSPS) is 9.43. The van der Waals surface area contributed by atoms with E-state index in [0.29, 0.717) is 6.54 Å². The van der Waals surface area contributed by atoms with Crippen LogP contribution in [-0.2, 0) is 6.54 Å². The molecule has 0 amide bonds. The highest BCUT2D eigenvalue weighted by atomic mass is 16.1. The largest absolute Gasteiger partial charge is 0.314 e. The minimum Gasteiger partial charge on any atom is -0.314 e. The molecule has 1 aromatic heterocycles. The zero-order chi connectivity index (χ0) is 10.6. The first-order valence-electron chi connectivity index (χ1n) is 4.39. The van der Waals surface area contributed by atoms with Gasteiger partial charge in [-0.15, -0.1) is 6.58 Å². The van der Waals surface area contributed by atoms with Crippen molar-refractivity contribution in [3.63, 3.8) is 0 Å². The van der Waals surface area contributed by atoms with Crippen LogP contribution in [0.15, 0.2) is 35.3 Å². The number of nitrogens with zero attached hydrogens (tertiary/aromatic N) is 2. The summed E-state index contributed by atoms with van der Waals surface area (Å²) < 4.78 is 1.53. The second kappa shape index (κ2) is 4.43. The summed E-state index contributed by atoms with van der Waals surface area (Å²) >= 11 is 0. The Morgan fingerprint density at radius 3 is 3.00 bits per heavy atom. The number of hydrogen-bond acceptors (Lipinski definition) is 2. The Morgan fingerprint density at radius 2 is 2.43 bits per heavy atom. The fourth-order valence-electron chi connectivity index (χ4n) is 1.11. The van der Waals surface area contributed by atoms with Gasteiger partial charge in [0.2, 0.25) is 0 Å². The van der Waals surface area contributed by atoms with Gasteiger partial charge in [-0.05, 0) is 25.5 Å². The molecule has 14 heavy (non-hydrogen) atoms. The quantitative estimate of drug-likeness (QED) is 0.677. The van der Waals surface area contributed by atoms with Gasteiger partial charge in [0.05, 0.1) is 0 Å². The number of aryl methyl sites for hydroxylation is 1. The average Bonchev–Trinajstić information content (AvgIpc) is 2.16. The van der Waals surface area contributed by atoms with E-state index in [-0.39, 0.29) is 11.1 Å². The van der Waals surface area contributed by atoms with Gasteiger partial charge in [-0.25, -0.2) is 0 Å². The standard InChI is InChI=1S/C11H12N2O/c1-9(2)5-7-13-6-3-4-10(8-12)11(13)14/h3-4,6H,1,5,7H2,2H3. The summed E-state index contributed by atoms with van der Waals surface area (Å²) in [7, 11) is 0. The van der Waals surface area contributed by atoms with E-state index in [9.17, 15) is 4.79 Å². The summed E-state index contributed by atoms with van der Waals surface area (Å²) in [5.41, 5.74) is 0.990. The molecule has 3 heteroatoms. The molecule has 0 N–H and O–H groups in total. The summed E-state index contributed by atoms with van der Waals surface area (Å²) in [4.78, 5) is 11.5. The molecule has 0 unspecified atom stereocenters. The Hall–Kier alpha value is -1.82. The van der Waals surface area contributed by atoms with Gasteiger partial charge in [-0.2, -0.15) is 5.26 Å². The molecule has 0 aliphatic carbocycles. The van der Waals surface area contributed by atoms with Gasteiger partial charge in [0.15, 0.2) is 0 Å². The molecule has 0 bridgehead atoms. The molecule has 1 rings (SSSR count). The predicted octanol–water partition coefficient (Wildman–Crippen LogP) is 1.69. The van der Waals surface area contributed by atoms with Gasteiger partial charge in [-0.3, -0.25) is 4.79 Å². The van der Waals surface area contributed by atoms with Crippen molar-refractivity contribution in [2.24, 2.45) is 0 Å². The topological polar surface area (TPSA) is 45.8 Å². The van der Waals surface area contributed by atoms with Gasteiger partial charge >= 0.3 is 0 Å². The van der Waals surface area contributed by atoms with E-state index in [1.807, 2.05) is 13.0 Å². The molecule has 0 saturated heterocycles. The summed E-state index contributed by atoms with van der Waals surface area (Å²) in [5.74, 6) is 0. The molecular formula is C11H12N2O. The molecule has 72 valence electrons. The molecular weight excluding hydrogens is 176 g/mol. The van der Waals surface area contributed by atoms with Crippen LogP contribution in [0.1, 0.15) is 18.9 Å². The highest BCUT2D eigenvalue weighted by Gasteiger charge is 2.00. The van der Waals surface area contributed by atoms with Gasteiger partial charge in [-0.1, -0.05) is 5.57 Å². The first-order chi connectivity index (χ1) is 6.65. The van der Waals surface area contributed by atoms with E-state index in [2.05, 4.69) is 6.58 Å². The third kappa shape index (κ3) is 2.33. The van der Waals surface area contributed by atoms with Gasteiger partial charge in [0.25, 0.3) is 5.56 Å². The smallest absolute Gasteiger partial charge is 0.268 e. The van der Waals surface area contributed by atoms with Crippen LogP contribution in [0.2, 0.25) is 0 Å². The first kappa shape index (κ1) is 10.3. The number of aromatic nitrogens is 1. The Bertz CT molecular complexity index is 437. The van der Waals surface area contributed by atoms with Crippen LogP contribution in [0, 0.1) is 11.3 Å². The van der Waals surface area contributed by atoms with E-state index >= 15 is 0 Å². The van der Waals surface area contributed by atoms with E-state index in [1.165, 1.54) is 10.6 Å². The molecule has 0 saturated carbocycles. The van der Waals surface area contributed by atoms with Gasteiger partial charge in [0, 0.05) is 12.7 Å². The summed E-state index contributed by atoms with van der Waals surface area (Å²) in [6.07, 6.45) is 2.45. The van der Waals surface area contributed by atoms with Crippen LogP contribution in [0.4, 0.5) is 0 Å². The SMILES string of the molecule is C=C(C)CCn1cccc(C#N)c1=O. The first-order valence-corrected chi connectivity index (χ1v) is 4.39. The zero-order valence-electron chi connectivity index (χ0n) is 8.16. The van der Waals surface area contributed by atoms with E-state index < -0.39 is 0 Å². The highest BCUT2D eigenvalue weighted by molar-refractivity contribution is 5.24. The van der Waals surface area contributed by atoms with Crippen LogP contribution in [0.25, 0.3) is 0 Å². The van der Waals surface area contributed by atoms with E-state index in [4.69, 9.17) is 5.26 Å². The van der Waals surface area contributed by atoms with Crippen LogP contribution in [-0.4, -0.2) is 4.57 Å². The van der Waals surface area contributed by atoms with E-state index in [0.717, 1.165) is 12.0 Å². The number of rotatable bonds is 3. The Morgan fingerprint density at radius 1 is 1.71 bits per heavy atom. The minimum absolute atomic E-state index is 0.189. The van der Waals surface area contributed by atoms with Crippen molar-refractivity contribution in [3.8, 4) is 6.07 Å². The maximum atomic E-state index is 11.5. The van der Waals surface area contributed by atoms with Crippen molar-refractivity contribution in [1.82, 2.24) is 4.57 Å². The lowest BCUT2D eigenvalue weighted by Gasteiger charge is -2.04. The van der Waals surface area contributed by atoms with Crippen LogP contribution >= 0.6 is 0 Å². The summed E-state index contributed by atoms with van der Waals surface area (Å²) in [6, 6.07) is 5.10. The lowest BCUT2D eigenvalue weighted by atomic mass is 10.2. The van der Waals surface area contributed by atoms with Crippen molar-refractivity contribution in [2.75, 3.05) is 0 Å². The highest BCUT2D eigenvalue weighted by Crippen LogP contribution is 1.98. The number of hydrogen-bond donors (Lipinski definition) is 0. The Balaban J connectivity index is 2.94. The van der Waals surface area contributed by atoms with Crippen molar-refractivity contribution >= 4 is 0 Å². The maximum absolute atomic E-state index is 11.5. The number of allylic oxidation sites excluding steroid dienone is 1. The lowest BCUT2D eigenvalue weighted by Crippen LogP contribution is -2.21. The summed E-state index contributed by atoms with van der Waals surface area (Å²) in [5, 5.41) is 8.64. The number of nitriles is 1. The third-order valence-corrected chi connectivity index (χ3v) is 1.92. The van der Waals surface area contributed by atoms with Crippen LogP contribution < -0.4 is 5.56 Å². The minimum atomic E-state index is -0.226. The molecule has 1 heterocycles. The third-order valence-electron chi connectivity index (χ3n) is 1.92. The molecule has 0 aromatic carbocycles. The van der Waals surface area contributed by atoms with E-state index in [1.54, 1.807) is 12.3 Å². The molecule has 1 aromatic rings. The molecule has 0 fully saturated rings. The van der Waals surface area contributed by atoms with Crippen LogP contribution in [0.3, 0.4) is 0 Å². The molecule has 0 aliphatic heterocycles. The van der Waals surface area contributed by atoms with Crippen LogP contribution in [0.5, 0.6) is 0 Å². The number of pyridine rings is 1. The molecule has 0 aliphatic rings. The monoisotopic (exact) mass is 188 g/mol. The average molecular weight is 188 g/mol.